The van der Waals surface area contributed by atoms with Gasteiger partial charge in [-0.3, -0.25) is 4.79 Å². The van der Waals surface area contributed by atoms with Gasteiger partial charge in [0.15, 0.2) is 17.3 Å². The molecule has 1 saturated heterocycles. The van der Waals surface area contributed by atoms with Gasteiger partial charge in [0.25, 0.3) is 0 Å². The van der Waals surface area contributed by atoms with E-state index in [1.807, 2.05) is 4.90 Å². The molecule has 90 valence electrons. The van der Waals surface area contributed by atoms with Gasteiger partial charge in [0.05, 0.1) is 6.54 Å². The van der Waals surface area contributed by atoms with Crippen LogP contribution in [0, 0.1) is 0 Å². The molecule has 0 amide bonds. The summed E-state index contributed by atoms with van der Waals surface area (Å²) in [5, 5.41) is 0. The number of hydrogen-bond donors (Lipinski definition) is 0. The molecule has 0 saturated carbocycles. The summed E-state index contributed by atoms with van der Waals surface area (Å²) in [7, 11) is 0. The minimum Gasteiger partial charge on any atom is -0.395 e. The normalized spacial score (nSPS) is 21.1. The minimum absolute atomic E-state index is 0.00634. The zero-order valence-electron chi connectivity index (χ0n) is 8.78. The van der Waals surface area contributed by atoms with E-state index in [9.17, 15) is 13.6 Å². The zero-order valence-corrected chi connectivity index (χ0v) is 8.78. The Morgan fingerprint density at radius 1 is 1.24 bits per heavy atom. The number of halogens is 2. The topological polar surface area (TPSA) is 38.8 Å². The monoisotopic (exact) mass is 241 g/mol. The van der Waals surface area contributed by atoms with E-state index in [1.165, 1.54) is 12.1 Å². The quantitative estimate of drug-likeness (QED) is 0.751. The molecular weight excluding hydrogens is 232 g/mol. The van der Waals surface area contributed by atoms with Crippen molar-refractivity contribution in [1.29, 1.82) is 0 Å². The second-order valence-corrected chi connectivity index (χ2v) is 4.01. The average Bonchev–Trinajstić information content (AvgIpc) is 2.78. The fourth-order valence-electron chi connectivity index (χ4n) is 1.99. The number of hydrogen-bond acceptors (Lipinski definition) is 4. The lowest BCUT2D eigenvalue weighted by atomic mass is 10.2. The van der Waals surface area contributed by atoms with E-state index in [1.54, 1.807) is 6.07 Å². The van der Waals surface area contributed by atoms with Crippen LogP contribution in [0.25, 0.3) is 0 Å². The van der Waals surface area contributed by atoms with Gasteiger partial charge in [-0.15, -0.1) is 8.78 Å². The maximum absolute atomic E-state index is 12.8. The van der Waals surface area contributed by atoms with Crippen LogP contribution in [-0.4, -0.2) is 25.2 Å². The summed E-state index contributed by atoms with van der Waals surface area (Å²) in [6.07, 6.45) is -3.10. The molecule has 3 rings (SSSR count). The molecule has 2 aliphatic rings. The number of benzene rings is 1. The Balaban J connectivity index is 1.88. The Bertz CT molecular complexity index is 490. The van der Waals surface area contributed by atoms with Crippen molar-refractivity contribution >= 4 is 11.5 Å². The number of carbonyl (C=O) groups is 1. The first-order valence-corrected chi connectivity index (χ1v) is 5.20. The molecule has 0 bridgehead atoms. The number of alkyl halides is 2. The minimum atomic E-state index is -3.60. The highest BCUT2D eigenvalue weighted by Gasteiger charge is 2.43. The molecule has 0 radical (unpaired) electrons. The van der Waals surface area contributed by atoms with Crippen LogP contribution in [0.15, 0.2) is 18.2 Å². The third-order valence-electron chi connectivity index (χ3n) is 2.78. The number of ketones is 1. The lowest BCUT2D eigenvalue weighted by Crippen LogP contribution is -2.26. The van der Waals surface area contributed by atoms with E-state index in [0.29, 0.717) is 25.2 Å². The largest absolute Gasteiger partial charge is 0.586 e. The van der Waals surface area contributed by atoms with Crippen LogP contribution in [0.3, 0.4) is 0 Å². The molecule has 1 aromatic carbocycles. The van der Waals surface area contributed by atoms with Gasteiger partial charge < -0.3 is 14.4 Å². The summed E-state index contributed by atoms with van der Waals surface area (Å²) >= 11 is 0. The molecule has 2 heterocycles. The fraction of sp³-hybridized carbons (Fsp3) is 0.364. The van der Waals surface area contributed by atoms with Gasteiger partial charge in [0.1, 0.15) is 0 Å². The third-order valence-corrected chi connectivity index (χ3v) is 2.78. The molecule has 0 aliphatic carbocycles. The van der Waals surface area contributed by atoms with Crippen molar-refractivity contribution in [2.24, 2.45) is 0 Å². The number of anilines is 1. The maximum atomic E-state index is 12.8. The SMILES string of the molecule is O=C1CCN(c2ccc3c(c2)OC(F)(F)O3)C1. The van der Waals surface area contributed by atoms with E-state index in [2.05, 4.69) is 9.47 Å². The number of fused-ring (bicyclic) bond motifs is 1. The van der Waals surface area contributed by atoms with Crippen molar-refractivity contribution in [2.45, 2.75) is 12.7 Å². The van der Waals surface area contributed by atoms with E-state index >= 15 is 0 Å². The van der Waals surface area contributed by atoms with Gasteiger partial charge >= 0.3 is 6.29 Å². The lowest BCUT2D eigenvalue weighted by molar-refractivity contribution is -0.286. The van der Waals surface area contributed by atoms with Crippen molar-refractivity contribution in [3.63, 3.8) is 0 Å². The highest BCUT2D eigenvalue weighted by atomic mass is 19.3. The first-order valence-electron chi connectivity index (χ1n) is 5.20. The van der Waals surface area contributed by atoms with E-state index in [4.69, 9.17) is 0 Å². The van der Waals surface area contributed by atoms with Crippen molar-refractivity contribution in [3.05, 3.63) is 18.2 Å². The summed E-state index contributed by atoms with van der Waals surface area (Å²) in [5.41, 5.74) is 0.691. The molecule has 2 aliphatic heterocycles. The predicted octanol–water partition coefficient (Wildman–Crippen LogP) is 1.79. The third kappa shape index (κ3) is 1.79. The first-order chi connectivity index (χ1) is 8.03. The zero-order chi connectivity index (χ0) is 12.0. The van der Waals surface area contributed by atoms with Crippen LogP contribution in [0.5, 0.6) is 11.5 Å². The highest BCUT2D eigenvalue weighted by molar-refractivity contribution is 5.87. The number of Topliss-reactive ketones (excluding diaryl/α,β-unsaturated/α-hetero) is 1. The number of ether oxygens (including phenoxy) is 2. The van der Waals surface area contributed by atoms with Crippen LogP contribution < -0.4 is 14.4 Å². The van der Waals surface area contributed by atoms with E-state index < -0.39 is 6.29 Å². The fourth-order valence-corrected chi connectivity index (χ4v) is 1.99. The molecule has 0 unspecified atom stereocenters. The number of nitrogens with zero attached hydrogens (tertiary/aromatic N) is 1. The van der Waals surface area contributed by atoms with Gasteiger partial charge in [-0.05, 0) is 12.1 Å². The second-order valence-electron chi connectivity index (χ2n) is 4.01. The van der Waals surface area contributed by atoms with Gasteiger partial charge in [-0.2, -0.15) is 0 Å². The molecule has 1 aromatic rings. The molecule has 1 fully saturated rings. The summed E-state index contributed by atoms with van der Waals surface area (Å²) < 4.78 is 34.2. The summed E-state index contributed by atoms with van der Waals surface area (Å²) in [6.45, 7) is 0.922. The summed E-state index contributed by atoms with van der Waals surface area (Å²) in [6, 6.07) is 4.53. The molecular formula is C11H9F2NO3. The van der Waals surface area contributed by atoms with Crippen molar-refractivity contribution in [3.8, 4) is 11.5 Å². The van der Waals surface area contributed by atoms with Gasteiger partial charge in [0, 0.05) is 24.7 Å². The van der Waals surface area contributed by atoms with Gasteiger partial charge in [0.2, 0.25) is 0 Å². The summed E-state index contributed by atoms with van der Waals surface area (Å²) in [4.78, 5) is 13.0. The molecule has 0 aromatic heterocycles. The van der Waals surface area contributed by atoms with E-state index in [-0.39, 0.29) is 17.3 Å². The van der Waals surface area contributed by atoms with Crippen LogP contribution in [0.2, 0.25) is 0 Å². The molecule has 0 N–H and O–H groups in total. The molecule has 0 spiro atoms. The van der Waals surface area contributed by atoms with E-state index in [0.717, 1.165) is 0 Å². The molecule has 0 atom stereocenters. The molecule has 17 heavy (non-hydrogen) atoms. The Morgan fingerprint density at radius 2 is 2.00 bits per heavy atom. The summed E-state index contributed by atoms with van der Waals surface area (Å²) in [5.74, 6) is 0.170. The maximum Gasteiger partial charge on any atom is 0.586 e. The van der Waals surface area contributed by atoms with Crippen LogP contribution in [-0.2, 0) is 4.79 Å². The van der Waals surface area contributed by atoms with Gasteiger partial charge in [-0.25, -0.2) is 0 Å². The van der Waals surface area contributed by atoms with Crippen molar-refractivity contribution in [2.75, 3.05) is 18.0 Å². The van der Waals surface area contributed by atoms with Crippen LogP contribution in [0.4, 0.5) is 14.5 Å². The molecule has 4 nitrogen and oxygen atoms in total. The number of rotatable bonds is 1. The predicted molar refractivity (Wildman–Crippen MR) is 54.5 cm³/mol. The van der Waals surface area contributed by atoms with Crippen molar-refractivity contribution in [1.82, 2.24) is 0 Å². The smallest absolute Gasteiger partial charge is 0.395 e. The standard InChI is InChI=1S/C11H9F2NO3/c12-11(13)16-9-2-1-7(5-10(9)17-11)14-4-3-8(15)6-14/h1-2,5H,3-4,6H2. The Kier molecular flexibility index (Phi) is 2.01. The Morgan fingerprint density at radius 3 is 2.71 bits per heavy atom. The number of carbonyl (C=O) groups excluding carboxylic acids is 1. The van der Waals surface area contributed by atoms with Crippen molar-refractivity contribution < 1.29 is 23.0 Å². The Hall–Kier alpha value is -1.85. The van der Waals surface area contributed by atoms with Crippen LogP contribution in [0.1, 0.15) is 6.42 Å². The highest BCUT2D eigenvalue weighted by Crippen LogP contribution is 2.43. The molecule has 6 heteroatoms. The van der Waals surface area contributed by atoms with Crippen LogP contribution >= 0.6 is 0 Å². The average molecular weight is 241 g/mol. The lowest BCUT2D eigenvalue weighted by Gasteiger charge is -2.16. The second kappa shape index (κ2) is 3.32. The van der Waals surface area contributed by atoms with Gasteiger partial charge in [-0.1, -0.05) is 0 Å². The Labute approximate surface area is 95.7 Å². The first kappa shape index (κ1) is 10.3.